The standard InChI is InChI=1S/C10H12F3NO2S/c11-10(12,13)5-16-4-8-14-6-2-1-3-7(15)9(6)17-8/h7,15H,1-5H2. The van der Waals surface area contributed by atoms with E-state index >= 15 is 0 Å². The van der Waals surface area contributed by atoms with Gasteiger partial charge < -0.3 is 9.84 Å². The Morgan fingerprint density at radius 1 is 1.47 bits per heavy atom. The number of hydrogen-bond acceptors (Lipinski definition) is 4. The van der Waals surface area contributed by atoms with Gasteiger partial charge in [0.1, 0.15) is 11.6 Å². The molecule has 0 spiro atoms. The van der Waals surface area contributed by atoms with Crippen LogP contribution in [0.4, 0.5) is 13.2 Å². The fraction of sp³-hybridized carbons (Fsp3) is 0.700. The summed E-state index contributed by atoms with van der Waals surface area (Å²) >= 11 is 1.24. The zero-order valence-corrected chi connectivity index (χ0v) is 9.77. The Kier molecular flexibility index (Phi) is 3.70. The summed E-state index contributed by atoms with van der Waals surface area (Å²) in [5.41, 5.74) is 0.805. The molecule has 0 bridgehead atoms. The first-order valence-corrected chi connectivity index (χ1v) is 6.08. The van der Waals surface area contributed by atoms with E-state index in [1.165, 1.54) is 11.3 Å². The first kappa shape index (κ1) is 12.8. The number of thiazole rings is 1. The van der Waals surface area contributed by atoms with Crippen LogP contribution in [0.1, 0.15) is 34.5 Å². The molecule has 1 N–H and O–H groups in total. The smallest absolute Gasteiger partial charge is 0.388 e. The van der Waals surface area contributed by atoms with Crippen LogP contribution < -0.4 is 0 Å². The summed E-state index contributed by atoms with van der Waals surface area (Å²) in [6.45, 7) is -1.41. The Bertz CT molecular complexity index is 391. The van der Waals surface area contributed by atoms with Gasteiger partial charge in [0.2, 0.25) is 0 Å². The first-order chi connectivity index (χ1) is 7.96. The van der Waals surface area contributed by atoms with Crippen LogP contribution in [0.5, 0.6) is 0 Å². The minimum Gasteiger partial charge on any atom is -0.388 e. The lowest BCUT2D eigenvalue weighted by atomic mass is 10.0. The number of fused-ring (bicyclic) bond motifs is 1. The monoisotopic (exact) mass is 267 g/mol. The second-order valence-electron chi connectivity index (χ2n) is 3.93. The highest BCUT2D eigenvalue weighted by atomic mass is 32.1. The molecule has 0 aliphatic heterocycles. The summed E-state index contributed by atoms with van der Waals surface area (Å²) in [6, 6.07) is 0. The van der Waals surface area contributed by atoms with E-state index < -0.39 is 18.9 Å². The average molecular weight is 267 g/mol. The summed E-state index contributed by atoms with van der Waals surface area (Å²) in [7, 11) is 0. The van der Waals surface area contributed by atoms with Crippen LogP contribution in [0.15, 0.2) is 0 Å². The van der Waals surface area contributed by atoms with Gasteiger partial charge in [-0.25, -0.2) is 4.98 Å². The van der Waals surface area contributed by atoms with Crippen molar-refractivity contribution in [3.8, 4) is 0 Å². The molecule has 1 aliphatic carbocycles. The highest BCUT2D eigenvalue weighted by Gasteiger charge is 2.28. The molecule has 2 rings (SSSR count). The normalized spacial score (nSPS) is 20.4. The van der Waals surface area contributed by atoms with Gasteiger partial charge in [-0.05, 0) is 19.3 Å². The maximum absolute atomic E-state index is 11.9. The Labute approximate surface area is 100 Å². The Morgan fingerprint density at radius 3 is 2.88 bits per heavy atom. The van der Waals surface area contributed by atoms with E-state index in [1.54, 1.807) is 0 Å². The summed E-state index contributed by atoms with van der Waals surface area (Å²) in [5, 5.41) is 10.2. The first-order valence-electron chi connectivity index (χ1n) is 5.27. The molecule has 1 aromatic heterocycles. The maximum Gasteiger partial charge on any atom is 0.411 e. The predicted molar refractivity (Wildman–Crippen MR) is 55.7 cm³/mol. The van der Waals surface area contributed by atoms with Crippen molar-refractivity contribution < 1.29 is 23.0 Å². The predicted octanol–water partition coefficient (Wildman–Crippen LogP) is 2.59. The Balaban J connectivity index is 1.94. The fourth-order valence-corrected chi connectivity index (χ4v) is 2.83. The van der Waals surface area contributed by atoms with Crippen molar-refractivity contribution in [1.29, 1.82) is 0 Å². The number of aromatic nitrogens is 1. The van der Waals surface area contributed by atoms with Crippen molar-refractivity contribution in [3.63, 3.8) is 0 Å². The van der Waals surface area contributed by atoms with E-state index in [0.717, 1.165) is 23.4 Å². The third-order valence-electron chi connectivity index (χ3n) is 2.46. The van der Waals surface area contributed by atoms with Crippen LogP contribution in [-0.2, 0) is 17.8 Å². The van der Waals surface area contributed by atoms with Crippen LogP contribution in [-0.4, -0.2) is 22.9 Å². The number of ether oxygens (including phenoxy) is 1. The average Bonchev–Trinajstić information content (AvgIpc) is 2.60. The van der Waals surface area contributed by atoms with Crippen molar-refractivity contribution in [2.45, 2.75) is 38.1 Å². The molecular weight excluding hydrogens is 255 g/mol. The van der Waals surface area contributed by atoms with Crippen LogP contribution in [0.2, 0.25) is 0 Å². The number of aryl methyl sites for hydroxylation is 1. The number of alkyl halides is 3. The number of nitrogens with zero attached hydrogens (tertiary/aromatic N) is 1. The zero-order valence-electron chi connectivity index (χ0n) is 8.96. The largest absolute Gasteiger partial charge is 0.411 e. The summed E-state index contributed by atoms with van der Waals surface area (Å²) in [6.07, 6.45) is -2.50. The van der Waals surface area contributed by atoms with Gasteiger partial charge in [0.05, 0.1) is 23.3 Å². The molecule has 96 valence electrons. The third-order valence-corrected chi connectivity index (χ3v) is 3.63. The van der Waals surface area contributed by atoms with E-state index in [2.05, 4.69) is 9.72 Å². The lowest BCUT2D eigenvalue weighted by Crippen LogP contribution is -2.16. The minimum absolute atomic E-state index is 0.149. The SMILES string of the molecule is OC1CCCc2nc(COCC(F)(F)F)sc21. The van der Waals surface area contributed by atoms with Gasteiger partial charge in [-0.2, -0.15) is 13.2 Å². The topological polar surface area (TPSA) is 42.4 Å². The molecule has 0 amide bonds. The molecule has 0 saturated carbocycles. The third kappa shape index (κ3) is 3.40. The highest BCUT2D eigenvalue weighted by molar-refractivity contribution is 7.11. The number of hydrogen-bond donors (Lipinski definition) is 1. The van der Waals surface area contributed by atoms with E-state index in [9.17, 15) is 18.3 Å². The lowest BCUT2D eigenvalue weighted by Gasteiger charge is -2.14. The van der Waals surface area contributed by atoms with Gasteiger partial charge in [0, 0.05) is 0 Å². The minimum atomic E-state index is -4.31. The van der Waals surface area contributed by atoms with E-state index in [1.807, 2.05) is 0 Å². The van der Waals surface area contributed by atoms with Crippen LogP contribution in [0.25, 0.3) is 0 Å². The van der Waals surface area contributed by atoms with Crippen LogP contribution >= 0.6 is 11.3 Å². The van der Waals surface area contributed by atoms with Crippen molar-refractivity contribution in [1.82, 2.24) is 4.98 Å². The van der Waals surface area contributed by atoms with Crippen LogP contribution in [0.3, 0.4) is 0 Å². The molecule has 1 heterocycles. The zero-order chi connectivity index (χ0) is 12.5. The van der Waals surface area contributed by atoms with Crippen molar-refractivity contribution in [2.24, 2.45) is 0 Å². The van der Waals surface area contributed by atoms with Gasteiger partial charge in [0.25, 0.3) is 0 Å². The Hall–Kier alpha value is -0.660. The number of rotatable bonds is 3. The molecule has 17 heavy (non-hydrogen) atoms. The summed E-state index contributed by atoms with van der Waals surface area (Å²) in [5.74, 6) is 0. The second-order valence-corrected chi connectivity index (χ2v) is 5.05. The quantitative estimate of drug-likeness (QED) is 0.915. The maximum atomic E-state index is 11.9. The molecule has 7 heteroatoms. The van der Waals surface area contributed by atoms with E-state index in [0.29, 0.717) is 11.4 Å². The molecule has 0 saturated heterocycles. The second kappa shape index (κ2) is 4.91. The van der Waals surface area contributed by atoms with Crippen molar-refractivity contribution in [3.05, 3.63) is 15.6 Å². The molecule has 3 nitrogen and oxygen atoms in total. The van der Waals surface area contributed by atoms with Gasteiger partial charge in [0.15, 0.2) is 0 Å². The molecule has 1 atom stereocenters. The van der Waals surface area contributed by atoms with Crippen LogP contribution in [0, 0.1) is 0 Å². The fourth-order valence-electron chi connectivity index (χ4n) is 1.76. The molecule has 0 aromatic carbocycles. The Morgan fingerprint density at radius 2 is 2.24 bits per heavy atom. The lowest BCUT2D eigenvalue weighted by molar-refractivity contribution is -0.176. The molecule has 0 fully saturated rings. The summed E-state index contributed by atoms with van der Waals surface area (Å²) < 4.78 is 40.1. The van der Waals surface area contributed by atoms with Gasteiger partial charge >= 0.3 is 6.18 Å². The molecule has 1 aliphatic rings. The van der Waals surface area contributed by atoms with Gasteiger partial charge in [-0.15, -0.1) is 11.3 Å². The summed E-state index contributed by atoms with van der Waals surface area (Å²) in [4.78, 5) is 4.97. The van der Waals surface area contributed by atoms with E-state index in [4.69, 9.17) is 0 Å². The molecular formula is C10H12F3NO2S. The van der Waals surface area contributed by atoms with Crippen molar-refractivity contribution in [2.75, 3.05) is 6.61 Å². The molecule has 1 aromatic rings. The number of halogens is 3. The molecule has 0 radical (unpaired) electrons. The van der Waals surface area contributed by atoms with E-state index in [-0.39, 0.29) is 6.61 Å². The highest BCUT2D eigenvalue weighted by Crippen LogP contribution is 2.34. The number of aliphatic hydroxyl groups is 1. The molecule has 1 unspecified atom stereocenters. The number of aliphatic hydroxyl groups excluding tert-OH is 1. The van der Waals surface area contributed by atoms with Crippen molar-refractivity contribution >= 4 is 11.3 Å². The van der Waals surface area contributed by atoms with Gasteiger partial charge in [-0.1, -0.05) is 0 Å². The van der Waals surface area contributed by atoms with Gasteiger partial charge in [-0.3, -0.25) is 0 Å².